The van der Waals surface area contributed by atoms with Gasteiger partial charge >= 0.3 is 0 Å². The summed E-state index contributed by atoms with van der Waals surface area (Å²) in [5.41, 5.74) is 4.31. The molecule has 0 saturated carbocycles. The van der Waals surface area contributed by atoms with Crippen LogP contribution in [0.2, 0.25) is 0 Å². The van der Waals surface area contributed by atoms with Crippen molar-refractivity contribution in [2.75, 3.05) is 13.1 Å². The van der Waals surface area contributed by atoms with Gasteiger partial charge in [0.2, 0.25) is 10.0 Å². The Morgan fingerprint density at radius 1 is 0.892 bits per heavy atom. The molecule has 0 unspecified atom stereocenters. The number of benzene rings is 3. The fraction of sp³-hybridized carbons (Fsp3) is 0.300. The molecule has 1 saturated heterocycles. The summed E-state index contributed by atoms with van der Waals surface area (Å²) in [6.07, 6.45) is 3.79. The quantitative estimate of drug-likeness (QED) is 0.261. The van der Waals surface area contributed by atoms with Crippen molar-refractivity contribution in [1.82, 2.24) is 8.87 Å². The average Bonchev–Trinajstić information content (AvgIpc) is 3.32. The first-order valence-electron chi connectivity index (χ1n) is 13.0. The second-order valence-corrected chi connectivity index (χ2v) is 12.3. The summed E-state index contributed by atoms with van der Waals surface area (Å²) in [6, 6.07) is 27.8. The number of hydrogen-bond donors (Lipinski definition) is 0. The number of piperidine rings is 1. The van der Waals surface area contributed by atoms with Crippen LogP contribution in [-0.2, 0) is 23.0 Å². The molecule has 1 aromatic heterocycles. The molecule has 192 valence electrons. The van der Waals surface area contributed by atoms with Gasteiger partial charge in [0.05, 0.1) is 16.3 Å². The lowest BCUT2D eigenvalue weighted by atomic mass is 9.91. The lowest BCUT2D eigenvalue weighted by Crippen LogP contribution is -2.38. The normalized spacial score (nSPS) is 15.8. The predicted molar refractivity (Wildman–Crippen MR) is 151 cm³/mol. The maximum Gasteiger partial charge on any atom is 0.243 e. The van der Waals surface area contributed by atoms with Crippen molar-refractivity contribution in [3.8, 4) is 11.3 Å². The molecule has 0 spiro atoms. The Balaban J connectivity index is 1.31. The maximum atomic E-state index is 13.4. The number of nitrogens with zero attached hydrogens (tertiary/aromatic N) is 3. The van der Waals surface area contributed by atoms with Crippen molar-refractivity contribution < 1.29 is 8.42 Å². The molecular weight excluding hydrogens is 498 g/mol. The predicted octanol–water partition coefficient (Wildman–Crippen LogP) is 6.50. The second-order valence-electron chi connectivity index (χ2n) is 9.56. The number of thiazole rings is 1. The highest BCUT2D eigenvalue weighted by Crippen LogP contribution is 2.28. The van der Waals surface area contributed by atoms with Crippen LogP contribution in [0.15, 0.2) is 100 Å². The number of sulfonamides is 1. The first-order valence-corrected chi connectivity index (χ1v) is 15.3. The largest absolute Gasteiger partial charge is 0.316 e. The molecule has 1 aliphatic heterocycles. The zero-order chi connectivity index (χ0) is 25.7. The molecule has 5 rings (SSSR count). The van der Waals surface area contributed by atoms with Crippen molar-refractivity contribution in [1.29, 1.82) is 0 Å². The van der Waals surface area contributed by atoms with E-state index in [2.05, 4.69) is 41.1 Å². The molecule has 37 heavy (non-hydrogen) atoms. The molecule has 0 radical (unpaired) electrons. The van der Waals surface area contributed by atoms with Gasteiger partial charge in [-0.05, 0) is 67.0 Å². The SMILES string of the molecule is CCCn1c(-c2ccc(S(=O)(=O)N3CCC(Cc4ccccc4)CC3)cc2)csc1=Nc1ccccc1. The summed E-state index contributed by atoms with van der Waals surface area (Å²) in [7, 11) is -3.50. The summed E-state index contributed by atoms with van der Waals surface area (Å²) < 4.78 is 30.6. The minimum absolute atomic E-state index is 0.365. The van der Waals surface area contributed by atoms with Gasteiger partial charge in [0.15, 0.2) is 4.80 Å². The Bertz CT molecular complexity index is 1470. The molecule has 3 aromatic carbocycles. The third-order valence-corrected chi connectivity index (χ3v) is 9.73. The smallest absolute Gasteiger partial charge is 0.243 e. The van der Waals surface area contributed by atoms with Crippen LogP contribution >= 0.6 is 11.3 Å². The molecule has 0 aliphatic carbocycles. The van der Waals surface area contributed by atoms with Crippen LogP contribution in [0.25, 0.3) is 11.3 Å². The summed E-state index contributed by atoms with van der Waals surface area (Å²) in [5.74, 6) is 0.527. The Morgan fingerprint density at radius 3 is 2.19 bits per heavy atom. The lowest BCUT2D eigenvalue weighted by molar-refractivity contribution is 0.273. The van der Waals surface area contributed by atoms with Crippen LogP contribution < -0.4 is 4.80 Å². The number of hydrogen-bond acceptors (Lipinski definition) is 4. The highest BCUT2D eigenvalue weighted by atomic mass is 32.2. The minimum atomic E-state index is -3.50. The van der Waals surface area contributed by atoms with Gasteiger partial charge in [-0.3, -0.25) is 0 Å². The van der Waals surface area contributed by atoms with E-state index in [0.717, 1.165) is 54.0 Å². The van der Waals surface area contributed by atoms with E-state index in [0.29, 0.717) is 23.9 Å². The van der Waals surface area contributed by atoms with Crippen molar-refractivity contribution >= 4 is 27.0 Å². The van der Waals surface area contributed by atoms with Crippen molar-refractivity contribution in [2.24, 2.45) is 10.9 Å². The highest BCUT2D eigenvalue weighted by Gasteiger charge is 2.29. The van der Waals surface area contributed by atoms with Crippen LogP contribution in [0.3, 0.4) is 0 Å². The van der Waals surface area contributed by atoms with Crippen molar-refractivity contribution in [3.05, 3.63) is 101 Å². The molecule has 0 bridgehead atoms. The van der Waals surface area contributed by atoms with Gasteiger partial charge in [-0.2, -0.15) is 4.31 Å². The molecule has 1 fully saturated rings. The highest BCUT2D eigenvalue weighted by molar-refractivity contribution is 7.89. The van der Waals surface area contributed by atoms with Crippen molar-refractivity contribution in [2.45, 2.75) is 44.0 Å². The summed E-state index contributed by atoms with van der Waals surface area (Å²) in [6.45, 7) is 4.15. The number of para-hydroxylation sites is 1. The Morgan fingerprint density at radius 2 is 1.54 bits per heavy atom. The molecule has 5 nitrogen and oxygen atoms in total. The van der Waals surface area contributed by atoms with Gasteiger partial charge in [-0.25, -0.2) is 13.4 Å². The fourth-order valence-corrected chi connectivity index (χ4v) is 7.38. The van der Waals surface area contributed by atoms with E-state index < -0.39 is 10.0 Å². The van der Waals surface area contributed by atoms with Crippen molar-refractivity contribution in [3.63, 3.8) is 0 Å². The third kappa shape index (κ3) is 5.95. The molecule has 0 N–H and O–H groups in total. The van der Waals surface area contributed by atoms with E-state index >= 15 is 0 Å². The molecule has 0 amide bonds. The van der Waals surface area contributed by atoms with Crippen LogP contribution in [-0.4, -0.2) is 30.4 Å². The van der Waals surface area contributed by atoms with E-state index in [1.807, 2.05) is 48.5 Å². The Kier molecular flexibility index (Phi) is 8.03. The van der Waals surface area contributed by atoms with E-state index in [4.69, 9.17) is 4.99 Å². The standard InChI is InChI=1S/C30H33N3O2S2/c1-2-19-33-29(23-36-30(33)31-27-11-7-4-8-12-27)26-13-15-28(16-14-26)37(34,35)32-20-17-25(18-21-32)22-24-9-5-3-6-10-24/h3-16,23,25H,2,17-22H2,1H3. The van der Waals surface area contributed by atoms with E-state index in [1.165, 1.54) is 5.56 Å². The topological polar surface area (TPSA) is 54.7 Å². The van der Waals surface area contributed by atoms with Crippen LogP contribution in [0.1, 0.15) is 31.7 Å². The van der Waals surface area contributed by atoms with Crippen LogP contribution in [0, 0.1) is 5.92 Å². The monoisotopic (exact) mass is 531 g/mol. The van der Waals surface area contributed by atoms with Gasteiger partial charge in [0.25, 0.3) is 0 Å². The average molecular weight is 532 g/mol. The third-order valence-electron chi connectivity index (χ3n) is 6.95. The van der Waals surface area contributed by atoms with Gasteiger partial charge < -0.3 is 4.57 Å². The van der Waals surface area contributed by atoms with E-state index in [1.54, 1.807) is 27.8 Å². The minimum Gasteiger partial charge on any atom is -0.316 e. The first kappa shape index (κ1) is 25.6. The maximum absolute atomic E-state index is 13.4. The molecule has 7 heteroatoms. The second kappa shape index (κ2) is 11.6. The van der Waals surface area contributed by atoms with E-state index in [-0.39, 0.29) is 0 Å². The van der Waals surface area contributed by atoms with E-state index in [9.17, 15) is 8.42 Å². The zero-order valence-electron chi connectivity index (χ0n) is 21.2. The summed E-state index contributed by atoms with van der Waals surface area (Å²) in [5, 5.41) is 2.11. The zero-order valence-corrected chi connectivity index (χ0v) is 22.8. The van der Waals surface area contributed by atoms with Crippen LogP contribution in [0.5, 0.6) is 0 Å². The first-order chi connectivity index (χ1) is 18.0. The molecule has 0 atom stereocenters. The van der Waals surface area contributed by atoms with Gasteiger partial charge in [0, 0.05) is 25.0 Å². The summed E-state index contributed by atoms with van der Waals surface area (Å²) >= 11 is 1.61. The molecule has 2 heterocycles. The Hall–Kier alpha value is -3.00. The number of aromatic nitrogens is 1. The molecule has 4 aromatic rings. The van der Waals surface area contributed by atoms with Crippen LogP contribution in [0.4, 0.5) is 5.69 Å². The summed E-state index contributed by atoms with van der Waals surface area (Å²) in [4.78, 5) is 6.14. The van der Waals surface area contributed by atoms with Gasteiger partial charge in [-0.15, -0.1) is 11.3 Å². The Labute approximate surface area is 223 Å². The van der Waals surface area contributed by atoms with Gasteiger partial charge in [0.1, 0.15) is 0 Å². The fourth-order valence-electron chi connectivity index (χ4n) is 4.95. The lowest BCUT2D eigenvalue weighted by Gasteiger charge is -2.31. The molecule has 1 aliphatic rings. The van der Waals surface area contributed by atoms with Gasteiger partial charge in [-0.1, -0.05) is 67.6 Å². The number of rotatable bonds is 8. The molecular formula is C30H33N3O2S2.